The van der Waals surface area contributed by atoms with Gasteiger partial charge in [-0.2, -0.15) is 0 Å². The Kier molecular flexibility index (Phi) is 3.03. The number of imide groups is 1. The summed E-state index contributed by atoms with van der Waals surface area (Å²) in [6.45, 7) is 3.44. The minimum absolute atomic E-state index is 0.113. The van der Waals surface area contributed by atoms with Crippen molar-refractivity contribution in [1.29, 1.82) is 0 Å². The largest absolute Gasteiger partial charge is 0.393 e. The lowest BCUT2D eigenvalue weighted by molar-refractivity contribution is -0.141. The number of aliphatic hydroxyl groups is 1. The molecule has 0 spiro atoms. The zero-order valence-electron chi connectivity index (χ0n) is 7.99. The number of carbonyl (C=O) groups is 2. The van der Waals surface area contributed by atoms with Crippen LogP contribution >= 0.6 is 0 Å². The summed E-state index contributed by atoms with van der Waals surface area (Å²) in [6, 6.07) is -0.178. The van der Waals surface area contributed by atoms with Crippen molar-refractivity contribution in [3.63, 3.8) is 0 Å². The molecule has 13 heavy (non-hydrogen) atoms. The van der Waals surface area contributed by atoms with Gasteiger partial charge in [-0.25, -0.2) is 0 Å². The van der Waals surface area contributed by atoms with Crippen LogP contribution in [0.15, 0.2) is 0 Å². The van der Waals surface area contributed by atoms with E-state index in [0.717, 1.165) is 0 Å². The molecule has 1 saturated heterocycles. The standard InChI is InChI=1S/C9H15NO3/c1-6(5-7(2)11)10-8(12)3-4-9(10)13/h6-7,11H,3-5H2,1-2H3. The zero-order valence-corrected chi connectivity index (χ0v) is 7.99. The number of carbonyl (C=O) groups excluding carboxylic acids is 2. The van der Waals surface area contributed by atoms with Crippen molar-refractivity contribution in [2.45, 2.75) is 45.3 Å². The van der Waals surface area contributed by atoms with E-state index in [1.807, 2.05) is 0 Å². The van der Waals surface area contributed by atoms with Crippen molar-refractivity contribution < 1.29 is 14.7 Å². The Labute approximate surface area is 77.5 Å². The molecule has 0 aromatic heterocycles. The summed E-state index contributed by atoms with van der Waals surface area (Å²) < 4.78 is 0. The lowest BCUT2D eigenvalue weighted by atomic mass is 10.1. The molecule has 0 bridgehead atoms. The molecule has 1 aliphatic heterocycles. The third-order valence-corrected chi connectivity index (χ3v) is 2.21. The first-order valence-corrected chi connectivity index (χ1v) is 4.55. The maximum Gasteiger partial charge on any atom is 0.229 e. The summed E-state index contributed by atoms with van der Waals surface area (Å²) in [6.07, 6.45) is 0.625. The first kappa shape index (κ1) is 10.2. The number of nitrogens with zero attached hydrogens (tertiary/aromatic N) is 1. The van der Waals surface area contributed by atoms with Gasteiger partial charge in [-0.05, 0) is 20.3 Å². The van der Waals surface area contributed by atoms with Crippen LogP contribution in [0, 0.1) is 0 Å². The Morgan fingerprint density at radius 1 is 1.31 bits per heavy atom. The van der Waals surface area contributed by atoms with Crippen molar-refractivity contribution in [2.24, 2.45) is 0 Å². The third kappa shape index (κ3) is 2.28. The minimum atomic E-state index is -0.476. The van der Waals surface area contributed by atoms with E-state index in [4.69, 9.17) is 5.11 Å². The average Bonchev–Trinajstić information content (AvgIpc) is 2.29. The van der Waals surface area contributed by atoms with Gasteiger partial charge < -0.3 is 5.11 Å². The number of hydrogen-bond acceptors (Lipinski definition) is 3. The van der Waals surface area contributed by atoms with Gasteiger partial charge in [-0.15, -0.1) is 0 Å². The van der Waals surface area contributed by atoms with Crippen molar-refractivity contribution in [1.82, 2.24) is 4.90 Å². The Morgan fingerprint density at radius 2 is 1.77 bits per heavy atom. The molecular weight excluding hydrogens is 170 g/mol. The second kappa shape index (κ2) is 3.87. The molecule has 0 aliphatic carbocycles. The van der Waals surface area contributed by atoms with Crippen LogP contribution in [0.2, 0.25) is 0 Å². The molecular formula is C9H15NO3. The van der Waals surface area contributed by atoms with E-state index >= 15 is 0 Å². The van der Waals surface area contributed by atoms with Gasteiger partial charge in [0.25, 0.3) is 0 Å². The molecule has 2 atom stereocenters. The predicted octanol–water partition coefficient (Wildman–Crippen LogP) is 0.295. The third-order valence-electron chi connectivity index (χ3n) is 2.21. The highest BCUT2D eigenvalue weighted by molar-refractivity contribution is 6.02. The molecule has 1 fully saturated rings. The topological polar surface area (TPSA) is 57.6 Å². The van der Waals surface area contributed by atoms with E-state index < -0.39 is 6.10 Å². The fraction of sp³-hybridized carbons (Fsp3) is 0.778. The Hall–Kier alpha value is -0.900. The summed E-state index contributed by atoms with van der Waals surface area (Å²) in [5, 5.41) is 9.11. The number of likely N-dealkylation sites (tertiary alicyclic amines) is 1. The SMILES string of the molecule is CC(O)CC(C)N1C(=O)CCC1=O. The Balaban J connectivity index is 2.59. The smallest absolute Gasteiger partial charge is 0.229 e. The summed E-state index contributed by atoms with van der Waals surface area (Å²) >= 11 is 0. The van der Waals surface area contributed by atoms with Gasteiger partial charge in [-0.1, -0.05) is 0 Å². The van der Waals surface area contributed by atoms with E-state index in [9.17, 15) is 9.59 Å². The monoisotopic (exact) mass is 185 g/mol. The molecule has 1 aliphatic rings. The molecule has 0 radical (unpaired) electrons. The van der Waals surface area contributed by atoms with E-state index in [-0.39, 0.29) is 17.9 Å². The van der Waals surface area contributed by atoms with Crippen molar-refractivity contribution >= 4 is 11.8 Å². The highest BCUT2D eigenvalue weighted by Gasteiger charge is 2.32. The highest BCUT2D eigenvalue weighted by atomic mass is 16.3. The van der Waals surface area contributed by atoms with Crippen LogP contribution in [-0.2, 0) is 9.59 Å². The molecule has 4 nitrogen and oxygen atoms in total. The molecule has 2 unspecified atom stereocenters. The van der Waals surface area contributed by atoms with Gasteiger partial charge in [0, 0.05) is 18.9 Å². The summed E-state index contributed by atoms with van der Waals surface area (Å²) in [4.78, 5) is 23.7. The van der Waals surface area contributed by atoms with Crippen molar-refractivity contribution in [3.05, 3.63) is 0 Å². The van der Waals surface area contributed by atoms with Crippen LogP contribution in [0.1, 0.15) is 33.1 Å². The van der Waals surface area contributed by atoms with Gasteiger partial charge in [0.2, 0.25) is 11.8 Å². The van der Waals surface area contributed by atoms with Gasteiger partial charge in [0.15, 0.2) is 0 Å². The Morgan fingerprint density at radius 3 is 2.15 bits per heavy atom. The summed E-state index contributed by atoms with van der Waals surface area (Å²) in [7, 11) is 0. The average molecular weight is 185 g/mol. The molecule has 1 rings (SSSR count). The van der Waals surface area contributed by atoms with Crippen LogP contribution in [0.25, 0.3) is 0 Å². The summed E-state index contributed by atoms with van der Waals surface area (Å²) in [5.41, 5.74) is 0. The molecule has 1 heterocycles. The molecule has 0 aromatic rings. The van der Waals surface area contributed by atoms with Gasteiger partial charge >= 0.3 is 0 Å². The molecule has 2 amide bonds. The van der Waals surface area contributed by atoms with E-state index in [0.29, 0.717) is 19.3 Å². The predicted molar refractivity (Wildman–Crippen MR) is 46.8 cm³/mol. The molecule has 74 valence electrons. The quantitative estimate of drug-likeness (QED) is 0.643. The van der Waals surface area contributed by atoms with Crippen LogP contribution in [0.4, 0.5) is 0 Å². The molecule has 4 heteroatoms. The van der Waals surface area contributed by atoms with Crippen LogP contribution in [0.3, 0.4) is 0 Å². The number of amides is 2. The van der Waals surface area contributed by atoms with Gasteiger partial charge in [-0.3, -0.25) is 14.5 Å². The minimum Gasteiger partial charge on any atom is -0.393 e. The van der Waals surface area contributed by atoms with Gasteiger partial charge in [0.05, 0.1) is 6.10 Å². The van der Waals surface area contributed by atoms with E-state index in [1.165, 1.54) is 4.90 Å². The second-order valence-corrected chi connectivity index (χ2v) is 3.59. The maximum absolute atomic E-state index is 11.2. The first-order valence-electron chi connectivity index (χ1n) is 4.55. The van der Waals surface area contributed by atoms with Gasteiger partial charge in [0.1, 0.15) is 0 Å². The summed E-state index contributed by atoms with van der Waals surface area (Å²) in [5.74, 6) is -0.226. The fourth-order valence-corrected chi connectivity index (χ4v) is 1.68. The molecule has 0 aromatic carbocycles. The second-order valence-electron chi connectivity index (χ2n) is 3.59. The van der Waals surface area contributed by atoms with Crippen LogP contribution in [0.5, 0.6) is 0 Å². The van der Waals surface area contributed by atoms with Crippen molar-refractivity contribution in [2.75, 3.05) is 0 Å². The number of hydrogen-bond donors (Lipinski definition) is 1. The van der Waals surface area contributed by atoms with E-state index in [1.54, 1.807) is 13.8 Å². The lowest BCUT2D eigenvalue weighted by Crippen LogP contribution is -2.39. The van der Waals surface area contributed by atoms with Crippen LogP contribution < -0.4 is 0 Å². The molecule has 0 saturated carbocycles. The Bertz CT molecular complexity index is 209. The van der Waals surface area contributed by atoms with E-state index in [2.05, 4.69) is 0 Å². The fourth-order valence-electron chi connectivity index (χ4n) is 1.68. The maximum atomic E-state index is 11.2. The molecule has 1 N–H and O–H groups in total. The number of aliphatic hydroxyl groups excluding tert-OH is 1. The normalized spacial score (nSPS) is 22.2. The highest BCUT2D eigenvalue weighted by Crippen LogP contribution is 2.17. The number of rotatable bonds is 3. The lowest BCUT2D eigenvalue weighted by Gasteiger charge is -2.23. The van der Waals surface area contributed by atoms with Crippen LogP contribution in [-0.4, -0.2) is 34.0 Å². The zero-order chi connectivity index (χ0) is 10.0. The first-order chi connectivity index (χ1) is 6.02. The van der Waals surface area contributed by atoms with Crippen molar-refractivity contribution in [3.8, 4) is 0 Å².